The predicted molar refractivity (Wildman–Crippen MR) is 81.7 cm³/mol. The third-order valence-corrected chi connectivity index (χ3v) is 3.18. The third-order valence-electron chi connectivity index (χ3n) is 2.94. The van der Waals surface area contributed by atoms with Gasteiger partial charge in [-0.1, -0.05) is 17.7 Å². The Bertz CT molecular complexity index is 656. The monoisotopic (exact) mass is 290 g/mol. The van der Waals surface area contributed by atoms with E-state index in [9.17, 15) is 4.79 Å². The molecule has 0 aromatic heterocycles. The van der Waals surface area contributed by atoms with Crippen molar-refractivity contribution in [3.63, 3.8) is 0 Å². The number of carbonyl (C=O) groups is 1. The van der Waals surface area contributed by atoms with Crippen LogP contribution in [-0.2, 0) is 4.74 Å². The number of nitrogens with two attached hydrogens (primary N) is 1. The van der Waals surface area contributed by atoms with Crippen molar-refractivity contribution in [1.29, 1.82) is 0 Å². The largest absolute Gasteiger partial charge is 0.465 e. The van der Waals surface area contributed by atoms with Crippen molar-refractivity contribution in [2.75, 3.05) is 18.2 Å². The zero-order chi connectivity index (χ0) is 14.7. The number of carbonyl (C=O) groups excluding carboxylic acids is 1. The van der Waals surface area contributed by atoms with Crippen molar-refractivity contribution in [3.8, 4) is 0 Å². The van der Waals surface area contributed by atoms with Crippen molar-refractivity contribution in [2.45, 2.75) is 6.92 Å². The van der Waals surface area contributed by atoms with Crippen molar-refractivity contribution < 1.29 is 9.53 Å². The molecule has 0 atom stereocenters. The van der Waals surface area contributed by atoms with Gasteiger partial charge in [-0.3, -0.25) is 0 Å². The first kappa shape index (κ1) is 14.2. The summed E-state index contributed by atoms with van der Waals surface area (Å²) in [4.78, 5) is 11.5. The Morgan fingerprint density at radius 1 is 1.20 bits per heavy atom. The van der Waals surface area contributed by atoms with Crippen LogP contribution in [0.3, 0.4) is 0 Å². The Labute approximate surface area is 122 Å². The third kappa shape index (κ3) is 3.03. The topological polar surface area (TPSA) is 64.3 Å². The van der Waals surface area contributed by atoms with E-state index in [1.165, 1.54) is 7.11 Å². The lowest BCUT2D eigenvalue weighted by molar-refractivity contribution is 0.0601. The highest BCUT2D eigenvalue weighted by atomic mass is 35.5. The van der Waals surface area contributed by atoms with Crippen LogP contribution in [0.2, 0.25) is 5.02 Å². The number of anilines is 3. The maximum atomic E-state index is 11.5. The average Bonchev–Trinajstić information content (AvgIpc) is 2.44. The zero-order valence-corrected chi connectivity index (χ0v) is 12.0. The molecular weight excluding hydrogens is 276 g/mol. The van der Waals surface area contributed by atoms with Crippen LogP contribution in [0.15, 0.2) is 36.4 Å². The minimum atomic E-state index is -0.407. The molecule has 0 amide bonds. The van der Waals surface area contributed by atoms with E-state index in [2.05, 4.69) is 5.32 Å². The Kier molecular flexibility index (Phi) is 4.15. The fourth-order valence-electron chi connectivity index (χ4n) is 1.78. The molecule has 2 aromatic carbocycles. The van der Waals surface area contributed by atoms with E-state index < -0.39 is 5.97 Å². The molecule has 2 rings (SSSR count). The summed E-state index contributed by atoms with van der Waals surface area (Å²) in [6, 6.07) is 10.5. The summed E-state index contributed by atoms with van der Waals surface area (Å²) < 4.78 is 4.70. The smallest absolute Gasteiger partial charge is 0.337 e. The van der Waals surface area contributed by atoms with Gasteiger partial charge >= 0.3 is 5.97 Å². The van der Waals surface area contributed by atoms with Crippen LogP contribution in [-0.4, -0.2) is 13.1 Å². The molecule has 0 aliphatic heterocycles. The standard InChI is InChI=1S/C15H15ClN2O2/c1-9-3-5-11(16)8-13(9)18-14-7-10(15(19)20-2)4-6-12(14)17/h3-8,18H,17H2,1-2H3. The van der Waals surface area contributed by atoms with Crippen molar-refractivity contribution in [2.24, 2.45) is 0 Å². The number of benzene rings is 2. The van der Waals surface area contributed by atoms with Gasteiger partial charge in [0.1, 0.15) is 0 Å². The number of esters is 1. The van der Waals surface area contributed by atoms with Crippen LogP contribution in [0, 0.1) is 6.92 Å². The molecular formula is C15H15ClN2O2. The summed E-state index contributed by atoms with van der Waals surface area (Å²) in [5.41, 5.74) is 9.39. The lowest BCUT2D eigenvalue weighted by Gasteiger charge is -2.13. The van der Waals surface area contributed by atoms with Gasteiger partial charge in [0.05, 0.1) is 24.0 Å². The first-order valence-corrected chi connectivity index (χ1v) is 6.40. The molecule has 20 heavy (non-hydrogen) atoms. The number of hydrogen-bond acceptors (Lipinski definition) is 4. The Morgan fingerprint density at radius 3 is 2.65 bits per heavy atom. The van der Waals surface area contributed by atoms with E-state index in [4.69, 9.17) is 22.1 Å². The van der Waals surface area contributed by atoms with Gasteiger partial charge in [-0.15, -0.1) is 0 Å². The summed E-state index contributed by atoms with van der Waals surface area (Å²) in [6.45, 7) is 1.96. The van der Waals surface area contributed by atoms with Crippen LogP contribution in [0.1, 0.15) is 15.9 Å². The lowest BCUT2D eigenvalue weighted by atomic mass is 10.1. The highest BCUT2D eigenvalue weighted by Gasteiger charge is 2.09. The van der Waals surface area contributed by atoms with Gasteiger partial charge in [-0.05, 0) is 42.8 Å². The molecule has 0 spiro atoms. The molecule has 0 heterocycles. The van der Waals surface area contributed by atoms with Crippen LogP contribution in [0.4, 0.5) is 17.1 Å². The summed E-state index contributed by atoms with van der Waals surface area (Å²) in [5, 5.41) is 3.81. The summed E-state index contributed by atoms with van der Waals surface area (Å²) in [5.74, 6) is -0.407. The van der Waals surface area contributed by atoms with Gasteiger partial charge in [-0.25, -0.2) is 4.79 Å². The normalized spacial score (nSPS) is 10.2. The maximum Gasteiger partial charge on any atom is 0.337 e. The highest BCUT2D eigenvalue weighted by Crippen LogP contribution is 2.28. The summed E-state index contributed by atoms with van der Waals surface area (Å²) >= 11 is 5.98. The van der Waals surface area contributed by atoms with E-state index in [-0.39, 0.29) is 0 Å². The average molecular weight is 291 g/mol. The number of ether oxygens (including phenoxy) is 1. The number of aryl methyl sites for hydroxylation is 1. The van der Waals surface area contributed by atoms with E-state index >= 15 is 0 Å². The minimum Gasteiger partial charge on any atom is -0.465 e. The number of nitrogen functional groups attached to an aromatic ring is 1. The van der Waals surface area contributed by atoms with Gasteiger partial charge in [0.2, 0.25) is 0 Å². The van der Waals surface area contributed by atoms with Crippen molar-refractivity contribution >= 4 is 34.6 Å². The van der Waals surface area contributed by atoms with Gasteiger partial charge in [0.15, 0.2) is 0 Å². The molecule has 0 aliphatic carbocycles. The second-order valence-corrected chi connectivity index (χ2v) is 4.81. The van der Waals surface area contributed by atoms with Crippen LogP contribution < -0.4 is 11.1 Å². The van der Waals surface area contributed by atoms with Crippen molar-refractivity contribution in [1.82, 2.24) is 0 Å². The highest BCUT2D eigenvalue weighted by molar-refractivity contribution is 6.30. The van der Waals surface area contributed by atoms with E-state index in [0.717, 1.165) is 11.3 Å². The summed E-state index contributed by atoms with van der Waals surface area (Å²) in [7, 11) is 1.34. The van der Waals surface area contributed by atoms with Gasteiger partial charge in [-0.2, -0.15) is 0 Å². The predicted octanol–water partition coefficient (Wildman–Crippen LogP) is 3.76. The SMILES string of the molecule is COC(=O)c1ccc(N)c(Nc2cc(Cl)ccc2C)c1. The number of halogens is 1. The molecule has 104 valence electrons. The van der Waals surface area contributed by atoms with Gasteiger partial charge in [0.25, 0.3) is 0 Å². The second kappa shape index (κ2) is 5.84. The Hall–Kier alpha value is -2.20. The number of nitrogens with one attached hydrogen (secondary N) is 1. The molecule has 0 aliphatic rings. The first-order valence-electron chi connectivity index (χ1n) is 6.02. The number of methoxy groups -OCH3 is 1. The molecule has 0 saturated carbocycles. The molecule has 0 fully saturated rings. The van der Waals surface area contributed by atoms with Crippen molar-refractivity contribution in [3.05, 3.63) is 52.5 Å². The van der Waals surface area contributed by atoms with Gasteiger partial charge < -0.3 is 15.8 Å². The number of rotatable bonds is 3. The van der Waals surface area contributed by atoms with Gasteiger partial charge in [0, 0.05) is 10.7 Å². The minimum absolute atomic E-state index is 0.407. The maximum absolute atomic E-state index is 11.5. The second-order valence-electron chi connectivity index (χ2n) is 4.38. The fraction of sp³-hybridized carbons (Fsp3) is 0.133. The molecule has 2 aromatic rings. The van der Waals surface area contributed by atoms with E-state index in [1.807, 2.05) is 19.1 Å². The van der Waals surface area contributed by atoms with Crippen LogP contribution >= 0.6 is 11.6 Å². The molecule has 0 radical (unpaired) electrons. The van der Waals surface area contributed by atoms with Crippen LogP contribution in [0.5, 0.6) is 0 Å². The molecule has 0 saturated heterocycles. The zero-order valence-electron chi connectivity index (χ0n) is 11.2. The Balaban J connectivity index is 2.37. The molecule has 0 bridgehead atoms. The quantitative estimate of drug-likeness (QED) is 0.667. The fourth-order valence-corrected chi connectivity index (χ4v) is 1.96. The first-order chi connectivity index (χ1) is 9.51. The molecule has 3 N–H and O–H groups in total. The number of hydrogen-bond donors (Lipinski definition) is 2. The molecule has 0 unspecified atom stereocenters. The lowest BCUT2D eigenvalue weighted by Crippen LogP contribution is -2.04. The van der Waals surface area contributed by atoms with E-state index in [0.29, 0.717) is 22.0 Å². The van der Waals surface area contributed by atoms with Crippen LogP contribution in [0.25, 0.3) is 0 Å². The Morgan fingerprint density at radius 2 is 1.95 bits per heavy atom. The summed E-state index contributed by atoms with van der Waals surface area (Å²) in [6.07, 6.45) is 0. The van der Waals surface area contributed by atoms with E-state index in [1.54, 1.807) is 24.3 Å². The molecule has 5 heteroatoms. The molecule has 4 nitrogen and oxygen atoms in total.